The Kier molecular flexibility index (Phi) is 5.10. The van der Waals surface area contributed by atoms with Gasteiger partial charge in [0.25, 0.3) is 0 Å². The lowest BCUT2D eigenvalue weighted by Crippen LogP contribution is -2.34. The van der Waals surface area contributed by atoms with Gasteiger partial charge in [-0.05, 0) is 11.6 Å². The molecule has 0 unspecified atom stereocenters. The number of amides is 2. The molecule has 1 fully saturated rings. The molecular weight excluding hydrogens is 306 g/mol. The molecule has 0 saturated carbocycles. The molecule has 3 heterocycles. The summed E-state index contributed by atoms with van der Waals surface area (Å²) in [7, 11) is 0. The van der Waals surface area contributed by atoms with E-state index >= 15 is 0 Å². The number of rotatable bonds is 6. The molecule has 2 amide bonds. The molecule has 1 N–H and O–H groups in total. The number of pyridine rings is 1. The molecule has 0 aromatic carbocycles. The third-order valence-corrected chi connectivity index (χ3v) is 3.98. The first-order chi connectivity index (χ1) is 11.7. The quantitative estimate of drug-likeness (QED) is 0.839. The number of carbonyl (C=O) groups excluding carboxylic acids is 2. The highest BCUT2D eigenvalue weighted by Gasteiger charge is 2.34. The summed E-state index contributed by atoms with van der Waals surface area (Å²) in [5.74, 6) is -0.370. The SMILES string of the molecule is O=C(NCCc1cnccn1)[C@@H]1CC(=O)N(Cc2cccnc2)C1. The summed E-state index contributed by atoms with van der Waals surface area (Å²) < 4.78 is 0. The second-order valence-corrected chi connectivity index (χ2v) is 5.77. The highest BCUT2D eigenvalue weighted by atomic mass is 16.2. The Morgan fingerprint density at radius 3 is 2.88 bits per heavy atom. The molecule has 2 aromatic rings. The Labute approximate surface area is 140 Å². The van der Waals surface area contributed by atoms with Gasteiger partial charge in [-0.1, -0.05) is 6.07 Å². The number of likely N-dealkylation sites (tertiary alicyclic amines) is 1. The van der Waals surface area contributed by atoms with Crippen LogP contribution in [-0.2, 0) is 22.6 Å². The Morgan fingerprint density at radius 1 is 1.25 bits per heavy atom. The molecular formula is C17H19N5O2. The lowest BCUT2D eigenvalue weighted by molar-refractivity contribution is -0.129. The van der Waals surface area contributed by atoms with Gasteiger partial charge in [-0.15, -0.1) is 0 Å². The Morgan fingerprint density at radius 2 is 2.12 bits per heavy atom. The molecule has 3 rings (SSSR count). The van der Waals surface area contributed by atoms with Gasteiger partial charge in [-0.3, -0.25) is 24.5 Å². The summed E-state index contributed by atoms with van der Waals surface area (Å²) >= 11 is 0. The Balaban J connectivity index is 1.47. The predicted octanol–water partition coefficient (Wildman–Crippen LogP) is 0.579. The van der Waals surface area contributed by atoms with Crippen LogP contribution in [0.15, 0.2) is 43.1 Å². The monoisotopic (exact) mass is 325 g/mol. The van der Waals surface area contributed by atoms with Crippen molar-refractivity contribution in [3.05, 3.63) is 54.4 Å². The zero-order valence-electron chi connectivity index (χ0n) is 13.3. The van der Waals surface area contributed by atoms with Gasteiger partial charge in [-0.2, -0.15) is 0 Å². The maximum absolute atomic E-state index is 12.2. The molecule has 1 aliphatic heterocycles. The van der Waals surface area contributed by atoms with E-state index in [1.165, 1.54) is 0 Å². The van der Waals surface area contributed by atoms with Crippen molar-refractivity contribution in [3.63, 3.8) is 0 Å². The normalized spacial score (nSPS) is 17.1. The van der Waals surface area contributed by atoms with Crippen LogP contribution in [0.1, 0.15) is 17.7 Å². The van der Waals surface area contributed by atoms with E-state index in [-0.39, 0.29) is 24.2 Å². The third-order valence-electron chi connectivity index (χ3n) is 3.98. The number of carbonyl (C=O) groups is 2. The Hall–Kier alpha value is -2.83. The lowest BCUT2D eigenvalue weighted by atomic mass is 10.1. The smallest absolute Gasteiger partial charge is 0.225 e. The van der Waals surface area contributed by atoms with E-state index in [0.29, 0.717) is 26.1 Å². The number of hydrogen-bond donors (Lipinski definition) is 1. The van der Waals surface area contributed by atoms with Crippen molar-refractivity contribution in [1.82, 2.24) is 25.2 Å². The van der Waals surface area contributed by atoms with E-state index < -0.39 is 0 Å². The fourth-order valence-electron chi connectivity index (χ4n) is 2.73. The molecule has 7 heteroatoms. The van der Waals surface area contributed by atoms with Crippen molar-refractivity contribution >= 4 is 11.8 Å². The van der Waals surface area contributed by atoms with Gasteiger partial charge in [-0.25, -0.2) is 0 Å². The molecule has 0 spiro atoms. The third kappa shape index (κ3) is 4.13. The van der Waals surface area contributed by atoms with Crippen LogP contribution in [0, 0.1) is 5.92 Å². The van der Waals surface area contributed by atoms with Gasteiger partial charge in [0.15, 0.2) is 0 Å². The first-order valence-electron chi connectivity index (χ1n) is 7.91. The molecule has 2 aromatic heterocycles. The number of aromatic nitrogens is 3. The van der Waals surface area contributed by atoms with Crippen molar-refractivity contribution in [2.24, 2.45) is 5.92 Å². The molecule has 0 bridgehead atoms. The standard InChI is InChI=1S/C17H19N5O2/c23-16-8-14(12-22(16)11-13-2-1-4-18-9-13)17(24)21-5-3-15-10-19-6-7-20-15/h1-2,4,6-7,9-10,14H,3,5,8,11-12H2,(H,21,24)/t14-/m1/s1. The van der Waals surface area contributed by atoms with Gasteiger partial charge in [0.05, 0.1) is 11.6 Å². The van der Waals surface area contributed by atoms with Crippen molar-refractivity contribution in [1.29, 1.82) is 0 Å². The zero-order chi connectivity index (χ0) is 16.8. The summed E-state index contributed by atoms with van der Waals surface area (Å²) in [5.41, 5.74) is 1.80. The second kappa shape index (κ2) is 7.63. The van der Waals surface area contributed by atoms with Crippen LogP contribution in [0.25, 0.3) is 0 Å². The van der Waals surface area contributed by atoms with Crippen LogP contribution >= 0.6 is 0 Å². The van der Waals surface area contributed by atoms with Gasteiger partial charge >= 0.3 is 0 Å². The molecule has 0 aliphatic carbocycles. The summed E-state index contributed by atoms with van der Waals surface area (Å²) in [5, 5.41) is 2.88. The highest BCUT2D eigenvalue weighted by Crippen LogP contribution is 2.20. The Bertz CT molecular complexity index is 693. The van der Waals surface area contributed by atoms with E-state index in [1.54, 1.807) is 35.9 Å². The second-order valence-electron chi connectivity index (χ2n) is 5.77. The minimum absolute atomic E-state index is 0.00734. The number of nitrogens with zero attached hydrogens (tertiary/aromatic N) is 4. The number of hydrogen-bond acceptors (Lipinski definition) is 5. The minimum Gasteiger partial charge on any atom is -0.355 e. The molecule has 1 aliphatic rings. The van der Waals surface area contributed by atoms with Crippen LogP contribution in [-0.4, -0.2) is 44.8 Å². The van der Waals surface area contributed by atoms with E-state index in [9.17, 15) is 9.59 Å². The molecule has 1 atom stereocenters. The van der Waals surface area contributed by atoms with Crippen LogP contribution in [0.2, 0.25) is 0 Å². The van der Waals surface area contributed by atoms with Crippen molar-refractivity contribution in [2.75, 3.05) is 13.1 Å². The fraction of sp³-hybridized carbons (Fsp3) is 0.353. The van der Waals surface area contributed by atoms with Crippen LogP contribution in [0.4, 0.5) is 0 Å². The maximum atomic E-state index is 12.2. The predicted molar refractivity (Wildman–Crippen MR) is 86.5 cm³/mol. The summed E-state index contributed by atoms with van der Waals surface area (Å²) in [6.07, 6.45) is 9.24. The van der Waals surface area contributed by atoms with Crippen molar-refractivity contribution < 1.29 is 9.59 Å². The minimum atomic E-state index is -0.295. The fourth-order valence-corrected chi connectivity index (χ4v) is 2.73. The maximum Gasteiger partial charge on any atom is 0.225 e. The van der Waals surface area contributed by atoms with Crippen LogP contribution in [0.3, 0.4) is 0 Å². The van der Waals surface area contributed by atoms with Crippen LogP contribution in [0.5, 0.6) is 0 Å². The molecule has 1 saturated heterocycles. The van der Waals surface area contributed by atoms with Gasteiger partial charge in [0, 0.05) is 63.5 Å². The van der Waals surface area contributed by atoms with Crippen LogP contribution < -0.4 is 5.32 Å². The molecule has 0 radical (unpaired) electrons. The first-order valence-corrected chi connectivity index (χ1v) is 7.91. The number of nitrogens with one attached hydrogen (secondary N) is 1. The topological polar surface area (TPSA) is 88.1 Å². The average Bonchev–Trinajstić information content (AvgIpc) is 2.97. The first kappa shape index (κ1) is 16.0. The van der Waals surface area contributed by atoms with E-state index in [4.69, 9.17) is 0 Å². The van der Waals surface area contributed by atoms with Gasteiger partial charge < -0.3 is 10.2 Å². The van der Waals surface area contributed by atoms with E-state index in [2.05, 4.69) is 20.3 Å². The highest BCUT2D eigenvalue weighted by molar-refractivity contribution is 5.89. The summed E-state index contributed by atoms with van der Waals surface area (Å²) in [6.45, 7) is 1.44. The van der Waals surface area contributed by atoms with Crippen molar-refractivity contribution in [2.45, 2.75) is 19.4 Å². The van der Waals surface area contributed by atoms with Crippen molar-refractivity contribution in [3.8, 4) is 0 Å². The summed E-state index contributed by atoms with van der Waals surface area (Å²) in [6, 6.07) is 3.76. The van der Waals surface area contributed by atoms with E-state index in [0.717, 1.165) is 11.3 Å². The van der Waals surface area contributed by atoms with Gasteiger partial charge in [0.2, 0.25) is 11.8 Å². The summed E-state index contributed by atoms with van der Waals surface area (Å²) in [4.78, 5) is 38.2. The zero-order valence-corrected chi connectivity index (χ0v) is 13.3. The molecule has 7 nitrogen and oxygen atoms in total. The molecule has 124 valence electrons. The lowest BCUT2D eigenvalue weighted by Gasteiger charge is -2.16. The molecule has 24 heavy (non-hydrogen) atoms. The average molecular weight is 325 g/mol. The largest absolute Gasteiger partial charge is 0.355 e. The van der Waals surface area contributed by atoms with Gasteiger partial charge in [0.1, 0.15) is 0 Å². The van der Waals surface area contributed by atoms with E-state index in [1.807, 2.05) is 12.1 Å².